The van der Waals surface area contributed by atoms with Crippen LogP contribution in [0, 0.1) is 0 Å². The number of nitrogens with zero attached hydrogens (tertiary/aromatic N) is 1. The number of amides is 1. The summed E-state index contributed by atoms with van der Waals surface area (Å²) < 4.78 is 5.52. The average molecular weight is 255 g/mol. The number of pyridine rings is 1. The number of carbonyl (C=O) groups excluding carboxylic acids is 1. The number of ether oxygens (including phenoxy) is 1. The van der Waals surface area contributed by atoms with E-state index < -0.39 is 0 Å². The van der Waals surface area contributed by atoms with Crippen LogP contribution in [-0.4, -0.2) is 29.6 Å². The number of hydrogen-bond donors (Lipinski definition) is 1. The Balaban J connectivity index is 1.99. The number of carbonyl (C=O) groups is 1. The molecule has 0 spiro atoms. The van der Waals surface area contributed by atoms with Crippen LogP contribution in [0.15, 0.2) is 18.5 Å². The van der Waals surface area contributed by atoms with Gasteiger partial charge in [-0.05, 0) is 25.8 Å². The Morgan fingerprint density at radius 3 is 3.18 bits per heavy atom. The Morgan fingerprint density at radius 1 is 1.71 bits per heavy atom. The highest BCUT2D eigenvalue weighted by Crippen LogP contribution is 2.17. The molecule has 2 atom stereocenters. The zero-order chi connectivity index (χ0) is 12.3. The normalized spacial score (nSPS) is 21.2. The smallest absolute Gasteiger partial charge is 0.253 e. The number of aromatic nitrogens is 1. The standard InChI is InChI=1S/C12H15ClN2O2/c1-8(11-3-2-6-17-11)15-12(16)9-4-5-14-7-10(9)13/h4-5,7-8,11H,2-3,6H2,1H3,(H,15,16). The van der Waals surface area contributed by atoms with Crippen molar-refractivity contribution in [2.75, 3.05) is 6.61 Å². The second-order valence-corrected chi connectivity index (χ2v) is 4.58. The van der Waals surface area contributed by atoms with Crippen molar-refractivity contribution >= 4 is 17.5 Å². The third kappa shape index (κ3) is 2.96. The molecule has 1 amide bonds. The first-order valence-corrected chi connectivity index (χ1v) is 6.08. The van der Waals surface area contributed by atoms with Crippen molar-refractivity contribution in [2.24, 2.45) is 0 Å². The van der Waals surface area contributed by atoms with Crippen LogP contribution in [-0.2, 0) is 4.74 Å². The molecule has 1 fully saturated rings. The van der Waals surface area contributed by atoms with Gasteiger partial charge in [0.1, 0.15) is 0 Å². The lowest BCUT2D eigenvalue weighted by atomic mass is 10.1. The van der Waals surface area contributed by atoms with Gasteiger partial charge in [0, 0.05) is 19.0 Å². The molecule has 5 heteroatoms. The van der Waals surface area contributed by atoms with Gasteiger partial charge in [0.05, 0.1) is 22.7 Å². The van der Waals surface area contributed by atoms with E-state index in [2.05, 4.69) is 10.3 Å². The molecule has 92 valence electrons. The van der Waals surface area contributed by atoms with Crippen LogP contribution in [0.1, 0.15) is 30.1 Å². The summed E-state index contributed by atoms with van der Waals surface area (Å²) in [5.41, 5.74) is 0.450. The van der Waals surface area contributed by atoms with Gasteiger partial charge in [-0.3, -0.25) is 9.78 Å². The number of halogens is 1. The molecular weight excluding hydrogens is 240 g/mol. The fourth-order valence-electron chi connectivity index (χ4n) is 1.93. The van der Waals surface area contributed by atoms with Gasteiger partial charge in [0.15, 0.2) is 0 Å². The van der Waals surface area contributed by atoms with Gasteiger partial charge in [-0.25, -0.2) is 0 Å². The predicted octanol–water partition coefficient (Wildman–Crippen LogP) is 2.03. The number of nitrogens with one attached hydrogen (secondary N) is 1. The summed E-state index contributed by atoms with van der Waals surface area (Å²) >= 11 is 5.91. The minimum atomic E-state index is -0.180. The van der Waals surface area contributed by atoms with E-state index in [1.165, 1.54) is 6.20 Å². The van der Waals surface area contributed by atoms with Crippen molar-refractivity contribution in [1.82, 2.24) is 10.3 Å². The maximum Gasteiger partial charge on any atom is 0.253 e. The second-order valence-electron chi connectivity index (χ2n) is 4.17. The van der Waals surface area contributed by atoms with Crippen molar-refractivity contribution in [3.63, 3.8) is 0 Å². The van der Waals surface area contributed by atoms with Gasteiger partial charge in [-0.1, -0.05) is 11.6 Å². The molecule has 1 aromatic rings. The number of rotatable bonds is 3. The van der Waals surface area contributed by atoms with Gasteiger partial charge < -0.3 is 10.1 Å². The van der Waals surface area contributed by atoms with Crippen molar-refractivity contribution in [3.05, 3.63) is 29.0 Å². The van der Waals surface area contributed by atoms with E-state index in [-0.39, 0.29) is 18.1 Å². The highest BCUT2D eigenvalue weighted by Gasteiger charge is 2.24. The highest BCUT2D eigenvalue weighted by molar-refractivity contribution is 6.33. The van der Waals surface area contributed by atoms with E-state index in [1.54, 1.807) is 12.3 Å². The summed E-state index contributed by atoms with van der Waals surface area (Å²) in [6.07, 6.45) is 5.18. The van der Waals surface area contributed by atoms with Crippen LogP contribution in [0.5, 0.6) is 0 Å². The topological polar surface area (TPSA) is 51.2 Å². The highest BCUT2D eigenvalue weighted by atomic mass is 35.5. The summed E-state index contributed by atoms with van der Waals surface area (Å²) in [5, 5.41) is 3.27. The lowest BCUT2D eigenvalue weighted by molar-refractivity contribution is 0.0712. The molecule has 1 saturated heterocycles. The molecule has 4 nitrogen and oxygen atoms in total. The quantitative estimate of drug-likeness (QED) is 0.898. The SMILES string of the molecule is CC(NC(=O)c1ccncc1Cl)C1CCCO1. The minimum Gasteiger partial charge on any atom is -0.376 e. The lowest BCUT2D eigenvalue weighted by Gasteiger charge is -2.20. The molecule has 1 aromatic heterocycles. The van der Waals surface area contributed by atoms with E-state index in [9.17, 15) is 4.79 Å². The summed E-state index contributed by atoms with van der Waals surface area (Å²) in [6, 6.07) is 1.61. The molecular formula is C12H15ClN2O2. The van der Waals surface area contributed by atoms with Gasteiger partial charge in [-0.2, -0.15) is 0 Å². The Kier molecular flexibility index (Phi) is 3.97. The third-order valence-electron chi connectivity index (χ3n) is 2.90. The van der Waals surface area contributed by atoms with Gasteiger partial charge >= 0.3 is 0 Å². The molecule has 0 saturated carbocycles. The van der Waals surface area contributed by atoms with Crippen molar-refractivity contribution in [2.45, 2.75) is 31.9 Å². The monoisotopic (exact) mass is 254 g/mol. The van der Waals surface area contributed by atoms with Gasteiger partial charge in [0.25, 0.3) is 5.91 Å². The Bertz CT molecular complexity index is 405. The van der Waals surface area contributed by atoms with Crippen LogP contribution >= 0.6 is 11.6 Å². The molecule has 17 heavy (non-hydrogen) atoms. The molecule has 0 radical (unpaired) electrons. The zero-order valence-corrected chi connectivity index (χ0v) is 10.4. The number of hydrogen-bond acceptors (Lipinski definition) is 3. The first-order chi connectivity index (χ1) is 8.18. The second kappa shape index (κ2) is 5.47. The van der Waals surface area contributed by atoms with Crippen LogP contribution in [0.2, 0.25) is 5.02 Å². The first-order valence-electron chi connectivity index (χ1n) is 5.70. The average Bonchev–Trinajstić information content (AvgIpc) is 2.82. The van der Waals surface area contributed by atoms with Crippen molar-refractivity contribution in [1.29, 1.82) is 0 Å². The molecule has 2 rings (SSSR count). The Hall–Kier alpha value is -1.13. The fourth-order valence-corrected chi connectivity index (χ4v) is 2.14. The van der Waals surface area contributed by atoms with E-state index in [1.807, 2.05) is 6.92 Å². The van der Waals surface area contributed by atoms with Gasteiger partial charge in [-0.15, -0.1) is 0 Å². The molecule has 0 aromatic carbocycles. The molecule has 0 aliphatic carbocycles. The molecule has 0 bridgehead atoms. The summed E-state index contributed by atoms with van der Waals surface area (Å²) in [5.74, 6) is -0.180. The Labute approximate surface area is 105 Å². The molecule has 2 heterocycles. The van der Waals surface area contributed by atoms with E-state index >= 15 is 0 Å². The summed E-state index contributed by atoms with van der Waals surface area (Å²) in [7, 11) is 0. The van der Waals surface area contributed by atoms with E-state index in [0.717, 1.165) is 19.4 Å². The van der Waals surface area contributed by atoms with Crippen molar-refractivity contribution < 1.29 is 9.53 Å². The predicted molar refractivity (Wildman–Crippen MR) is 65.1 cm³/mol. The molecule has 2 unspecified atom stereocenters. The maximum absolute atomic E-state index is 12.0. The van der Waals surface area contributed by atoms with Crippen LogP contribution in [0.4, 0.5) is 0 Å². The third-order valence-corrected chi connectivity index (χ3v) is 3.20. The first kappa shape index (κ1) is 12.3. The van der Waals surface area contributed by atoms with Crippen molar-refractivity contribution in [3.8, 4) is 0 Å². The van der Waals surface area contributed by atoms with Crippen LogP contribution in [0.3, 0.4) is 0 Å². The van der Waals surface area contributed by atoms with Crippen LogP contribution < -0.4 is 5.32 Å². The molecule has 1 aliphatic heterocycles. The largest absolute Gasteiger partial charge is 0.376 e. The fraction of sp³-hybridized carbons (Fsp3) is 0.500. The van der Waals surface area contributed by atoms with E-state index in [4.69, 9.17) is 16.3 Å². The van der Waals surface area contributed by atoms with Crippen LogP contribution in [0.25, 0.3) is 0 Å². The maximum atomic E-state index is 12.0. The summed E-state index contributed by atoms with van der Waals surface area (Å²) in [4.78, 5) is 15.8. The minimum absolute atomic E-state index is 0.00534. The molecule has 1 aliphatic rings. The van der Waals surface area contributed by atoms with E-state index in [0.29, 0.717) is 10.6 Å². The lowest BCUT2D eigenvalue weighted by Crippen LogP contribution is -2.40. The molecule has 1 N–H and O–H groups in total. The summed E-state index contributed by atoms with van der Waals surface area (Å²) in [6.45, 7) is 2.73. The Morgan fingerprint density at radius 2 is 2.53 bits per heavy atom. The van der Waals surface area contributed by atoms with Gasteiger partial charge in [0.2, 0.25) is 0 Å². The zero-order valence-electron chi connectivity index (χ0n) is 9.65.